The largest absolute Gasteiger partial charge is 0.271 e. The molecular formula is C13H24N2. The average molecular weight is 208 g/mol. The van der Waals surface area contributed by atoms with Crippen molar-refractivity contribution in [2.45, 2.75) is 63.8 Å². The SMILES string of the molecule is NNC(CC1CC1)C1=CCCCCCC1. The molecule has 0 aromatic carbocycles. The molecule has 1 saturated carbocycles. The van der Waals surface area contributed by atoms with Crippen LogP contribution in [0, 0.1) is 5.92 Å². The Hall–Kier alpha value is -0.340. The van der Waals surface area contributed by atoms with Gasteiger partial charge in [0.25, 0.3) is 0 Å². The van der Waals surface area contributed by atoms with Gasteiger partial charge in [0.05, 0.1) is 0 Å². The summed E-state index contributed by atoms with van der Waals surface area (Å²) < 4.78 is 0. The van der Waals surface area contributed by atoms with Gasteiger partial charge >= 0.3 is 0 Å². The third-order valence-electron chi connectivity index (χ3n) is 3.74. The molecule has 0 saturated heterocycles. The van der Waals surface area contributed by atoms with Crippen molar-refractivity contribution in [3.8, 4) is 0 Å². The molecule has 86 valence electrons. The summed E-state index contributed by atoms with van der Waals surface area (Å²) in [5, 5.41) is 0. The van der Waals surface area contributed by atoms with Crippen LogP contribution in [-0.2, 0) is 0 Å². The summed E-state index contributed by atoms with van der Waals surface area (Å²) in [5.74, 6) is 6.63. The van der Waals surface area contributed by atoms with E-state index in [2.05, 4.69) is 11.5 Å². The van der Waals surface area contributed by atoms with Crippen molar-refractivity contribution < 1.29 is 0 Å². The second kappa shape index (κ2) is 5.66. The van der Waals surface area contributed by atoms with E-state index >= 15 is 0 Å². The first-order valence-electron chi connectivity index (χ1n) is 6.55. The van der Waals surface area contributed by atoms with Gasteiger partial charge in [0, 0.05) is 6.04 Å². The van der Waals surface area contributed by atoms with E-state index in [0.29, 0.717) is 6.04 Å². The molecule has 2 rings (SSSR count). The molecule has 0 spiro atoms. The number of hydrazine groups is 1. The van der Waals surface area contributed by atoms with Gasteiger partial charge in [0.15, 0.2) is 0 Å². The highest BCUT2D eigenvalue weighted by molar-refractivity contribution is 5.12. The first-order chi connectivity index (χ1) is 7.40. The number of hydrogen-bond donors (Lipinski definition) is 2. The molecule has 15 heavy (non-hydrogen) atoms. The molecule has 0 amide bonds. The summed E-state index contributed by atoms with van der Waals surface area (Å²) in [4.78, 5) is 0. The molecule has 2 nitrogen and oxygen atoms in total. The maximum absolute atomic E-state index is 5.68. The fraction of sp³-hybridized carbons (Fsp3) is 0.846. The van der Waals surface area contributed by atoms with E-state index < -0.39 is 0 Å². The maximum atomic E-state index is 5.68. The van der Waals surface area contributed by atoms with E-state index in [1.165, 1.54) is 57.8 Å². The third-order valence-corrected chi connectivity index (χ3v) is 3.74. The van der Waals surface area contributed by atoms with Gasteiger partial charge in [-0.2, -0.15) is 0 Å². The number of nitrogens with one attached hydrogen (secondary N) is 1. The van der Waals surface area contributed by atoms with E-state index in [-0.39, 0.29) is 0 Å². The highest BCUT2D eigenvalue weighted by Gasteiger charge is 2.26. The van der Waals surface area contributed by atoms with Crippen LogP contribution in [0.15, 0.2) is 11.6 Å². The first-order valence-corrected chi connectivity index (χ1v) is 6.55. The lowest BCUT2D eigenvalue weighted by Gasteiger charge is -2.21. The van der Waals surface area contributed by atoms with Gasteiger partial charge in [-0.1, -0.05) is 37.3 Å². The monoisotopic (exact) mass is 208 g/mol. The molecule has 3 N–H and O–H groups in total. The van der Waals surface area contributed by atoms with Crippen LogP contribution in [0.4, 0.5) is 0 Å². The summed E-state index contributed by atoms with van der Waals surface area (Å²) >= 11 is 0. The van der Waals surface area contributed by atoms with Crippen molar-refractivity contribution in [1.29, 1.82) is 0 Å². The normalized spacial score (nSPS) is 25.3. The van der Waals surface area contributed by atoms with E-state index in [1.807, 2.05) is 0 Å². The Morgan fingerprint density at radius 1 is 1.27 bits per heavy atom. The second-order valence-electron chi connectivity index (χ2n) is 5.13. The summed E-state index contributed by atoms with van der Waals surface area (Å²) in [6.45, 7) is 0. The molecule has 0 heterocycles. The Morgan fingerprint density at radius 2 is 2.07 bits per heavy atom. The molecule has 2 aliphatic carbocycles. The number of allylic oxidation sites excluding steroid dienone is 1. The van der Waals surface area contributed by atoms with Crippen LogP contribution < -0.4 is 11.3 Å². The smallest absolute Gasteiger partial charge is 0.0422 e. The zero-order valence-corrected chi connectivity index (χ0v) is 9.67. The summed E-state index contributed by atoms with van der Waals surface area (Å²) in [5.41, 5.74) is 4.61. The number of nitrogens with two attached hydrogens (primary N) is 1. The Bertz CT molecular complexity index is 219. The van der Waals surface area contributed by atoms with Gasteiger partial charge in [-0.25, -0.2) is 0 Å². The van der Waals surface area contributed by atoms with Gasteiger partial charge < -0.3 is 0 Å². The van der Waals surface area contributed by atoms with E-state index in [1.54, 1.807) is 5.57 Å². The first kappa shape index (κ1) is 11.2. The predicted octanol–water partition coefficient (Wildman–Crippen LogP) is 2.90. The van der Waals surface area contributed by atoms with Crippen LogP contribution in [0.1, 0.15) is 57.8 Å². The van der Waals surface area contributed by atoms with Gasteiger partial charge in [-0.3, -0.25) is 11.3 Å². The second-order valence-corrected chi connectivity index (χ2v) is 5.13. The van der Waals surface area contributed by atoms with Crippen LogP contribution in [0.3, 0.4) is 0 Å². The van der Waals surface area contributed by atoms with Crippen molar-refractivity contribution in [2.75, 3.05) is 0 Å². The highest BCUT2D eigenvalue weighted by atomic mass is 15.2. The topological polar surface area (TPSA) is 38.0 Å². The zero-order chi connectivity index (χ0) is 10.5. The fourth-order valence-electron chi connectivity index (χ4n) is 2.55. The zero-order valence-electron chi connectivity index (χ0n) is 9.67. The Morgan fingerprint density at radius 3 is 2.80 bits per heavy atom. The highest BCUT2D eigenvalue weighted by Crippen LogP contribution is 2.35. The Kier molecular flexibility index (Phi) is 4.21. The Balaban J connectivity index is 1.90. The standard InChI is InChI=1S/C13H24N2/c14-15-13(10-11-8-9-11)12-6-4-2-1-3-5-7-12/h6,11,13,15H,1-5,7-10,14H2. The molecular weight excluding hydrogens is 184 g/mol. The fourth-order valence-corrected chi connectivity index (χ4v) is 2.55. The third kappa shape index (κ3) is 3.62. The van der Waals surface area contributed by atoms with Crippen LogP contribution in [-0.4, -0.2) is 6.04 Å². The number of rotatable bonds is 4. The van der Waals surface area contributed by atoms with Crippen LogP contribution in [0.5, 0.6) is 0 Å². The summed E-state index contributed by atoms with van der Waals surface area (Å²) in [6, 6.07) is 0.468. The lowest BCUT2D eigenvalue weighted by molar-refractivity contribution is 0.491. The van der Waals surface area contributed by atoms with Crippen molar-refractivity contribution >= 4 is 0 Å². The molecule has 2 aliphatic rings. The summed E-state index contributed by atoms with van der Waals surface area (Å²) in [6.07, 6.45) is 14.6. The predicted molar refractivity (Wildman–Crippen MR) is 64.2 cm³/mol. The quantitative estimate of drug-likeness (QED) is 0.423. The van der Waals surface area contributed by atoms with E-state index in [4.69, 9.17) is 5.84 Å². The minimum Gasteiger partial charge on any atom is -0.271 e. The molecule has 1 fully saturated rings. The van der Waals surface area contributed by atoms with Gasteiger partial charge in [-0.15, -0.1) is 0 Å². The van der Waals surface area contributed by atoms with Crippen LogP contribution in [0.2, 0.25) is 0 Å². The minimum absolute atomic E-state index is 0.468. The minimum atomic E-state index is 0.468. The lowest BCUT2D eigenvalue weighted by Crippen LogP contribution is -2.37. The molecule has 0 aromatic heterocycles. The average Bonchev–Trinajstić information content (AvgIpc) is 2.98. The van der Waals surface area contributed by atoms with Gasteiger partial charge in [0.2, 0.25) is 0 Å². The molecule has 0 aromatic rings. The maximum Gasteiger partial charge on any atom is 0.0422 e. The number of hydrogen-bond acceptors (Lipinski definition) is 2. The van der Waals surface area contributed by atoms with Crippen molar-refractivity contribution in [2.24, 2.45) is 11.8 Å². The lowest BCUT2D eigenvalue weighted by atomic mass is 9.92. The molecule has 1 unspecified atom stereocenters. The van der Waals surface area contributed by atoms with Gasteiger partial charge in [0.1, 0.15) is 0 Å². The molecule has 0 radical (unpaired) electrons. The molecule has 2 heteroatoms. The van der Waals surface area contributed by atoms with Crippen LogP contribution >= 0.6 is 0 Å². The van der Waals surface area contributed by atoms with Crippen molar-refractivity contribution in [3.63, 3.8) is 0 Å². The van der Waals surface area contributed by atoms with Gasteiger partial charge in [-0.05, 0) is 38.0 Å². The molecule has 0 bridgehead atoms. The van der Waals surface area contributed by atoms with E-state index in [9.17, 15) is 0 Å². The van der Waals surface area contributed by atoms with Crippen molar-refractivity contribution in [1.82, 2.24) is 5.43 Å². The van der Waals surface area contributed by atoms with E-state index in [0.717, 1.165) is 5.92 Å². The summed E-state index contributed by atoms with van der Waals surface area (Å²) in [7, 11) is 0. The van der Waals surface area contributed by atoms with Crippen molar-refractivity contribution in [3.05, 3.63) is 11.6 Å². The Labute approximate surface area is 93.3 Å². The van der Waals surface area contributed by atoms with Crippen LogP contribution in [0.25, 0.3) is 0 Å². The molecule has 1 atom stereocenters. The molecule has 0 aliphatic heterocycles.